The van der Waals surface area contributed by atoms with Gasteiger partial charge in [0.1, 0.15) is 0 Å². The van der Waals surface area contributed by atoms with Crippen molar-refractivity contribution < 1.29 is 10.2 Å². The lowest BCUT2D eigenvalue weighted by molar-refractivity contribution is -0.0197. The highest BCUT2D eigenvalue weighted by molar-refractivity contribution is 4.79. The molecule has 0 radical (unpaired) electrons. The molecule has 3 heteroatoms. The maximum Gasteiger partial charge on any atom is 0.0768 e. The summed E-state index contributed by atoms with van der Waals surface area (Å²) in [4.78, 5) is 1.95. The van der Waals surface area contributed by atoms with E-state index in [1.54, 1.807) is 6.92 Å². The van der Waals surface area contributed by atoms with E-state index >= 15 is 0 Å². The van der Waals surface area contributed by atoms with Crippen LogP contribution in [0.15, 0.2) is 0 Å². The summed E-state index contributed by atoms with van der Waals surface area (Å²) < 4.78 is 0. The highest BCUT2D eigenvalue weighted by atomic mass is 16.3. The van der Waals surface area contributed by atoms with Gasteiger partial charge in [-0.25, -0.2) is 0 Å². The number of hydrogen-bond acceptors (Lipinski definition) is 3. The highest BCUT2D eigenvalue weighted by Gasteiger charge is 2.26. The van der Waals surface area contributed by atoms with Crippen molar-refractivity contribution in [2.24, 2.45) is 5.92 Å². The van der Waals surface area contributed by atoms with Crippen LogP contribution in [0.4, 0.5) is 0 Å². The Bertz CT molecular complexity index is 144. The molecule has 2 unspecified atom stereocenters. The lowest BCUT2D eigenvalue weighted by Crippen LogP contribution is -2.44. The topological polar surface area (TPSA) is 43.7 Å². The van der Waals surface area contributed by atoms with Crippen LogP contribution in [0.1, 0.15) is 27.7 Å². The Morgan fingerprint density at radius 1 is 1.31 bits per heavy atom. The van der Waals surface area contributed by atoms with Gasteiger partial charge in [-0.1, -0.05) is 13.8 Å². The van der Waals surface area contributed by atoms with Gasteiger partial charge in [-0.3, -0.25) is 0 Å². The zero-order chi connectivity index (χ0) is 10.6. The third-order valence-corrected chi connectivity index (χ3v) is 2.41. The van der Waals surface area contributed by atoms with Gasteiger partial charge in [0.05, 0.1) is 11.7 Å². The Morgan fingerprint density at radius 2 is 1.77 bits per heavy atom. The Hall–Kier alpha value is -0.120. The number of likely N-dealkylation sites (N-methyl/N-ethyl adjacent to an activating group) is 1. The van der Waals surface area contributed by atoms with Gasteiger partial charge in [0.2, 0.25) is 0 Å². The fourth-order valence-corrected chi connectivity index (χ4v) is 1.24. The highest BCUT2D eigenvalue weighted by Crippen LogP contribution is 2.16. The smallest absolute Gasteiger partial charge is 0.0768 e. The maximum absolute atomic E-state index is 9.95. The van der Waals surface area contributed by atoms with Crippen molar-refractivity contribution in [2.45, 2.75) is 39.4 Å². The van der Waals surface area contributed by atoms with E-state index in [2.05, 4.69) is 0 Å². The molecule has 2 N–H and O–H groups in total. The van der Waals surface area contributed by atoms with Crippen molar-refractivity contribution in [3.8, 4) is 0 Å². The molecule has 80 valence electrons. The molecule has 0 aromatic rings. The monoisotopic (exact) mass is 189 g/mol. The fourth-order valence-electron chi connectivity index (χ4n) is 1.24. The maximum atomic E-state index is 9.95. The van der Waals surface area contributed by atoms with Crippen LogP contribution in [-0.2, 0) is 0 Å². The molecule has 0 aromatic heterocycles. The summed E-state index contributed by atoms with van der Waals surface area (Å²) in [7, 11) is 1.91. The minimum Gasteiger partial charge on any atom is -0.392 e. The van der Waals surface area contributed by atoms with Crippen LogP contribution in [0.3, 0.4) is 0 Å². The first kappa shape index (κ1) is 12.9. The molecule has 0 saturated carbocycles. The van der Waals surface area contributed by atoms with Gasteiger partial charge in [-0.05, 0) is 26.8 Å². The van der Waals surface area contributed by atoms with E-state index in [1.165, 1.54) is 0 Å². The minimum absolute atomic E-state index is 0.226. The molecule has 0 aliphatic rings. The predicted octanol–water partition coefficient (Wildman–Crippen LogP) is 0.706. The summed E-state index contributed by atoms with van der Waals surface area (Å²) in [6, 6.07) is 0. The number of hydrogen-bond donors (Lipinski definition) is 2. The van der Waals surface area contributed by atoms with Crippen LogP contribution < -0.4 is 0 Å². The lowest BCUT2D eigenvalue weighted by atomic mass is 9.92. The van der Waals surface area contributed by atoms with Gasteiger partial charge in [0.15, 0.2) is 0 Å². The van der Waals surface area contributed by atoms with Gasteiger partial charge in [0, 0.05) is 13.1 Å². The molecule has 2 atom stereocenters. The Balaban J connectivity index is 3.96. The summed E-state index contributed by atoms with van der Waals surface area (Å²) in [5, 5.41) is 19.1. The van der Waals surface area contributed by atoms with E-state index in [0.717, 1.165) is 0 Å². The van der Waals surface area contributed by atoms with Crippen LogP contribution in [0.5, 0.6) is 0 Å². The van der Waals surface area contributed by atoms with Crippen LogP contribution in [0.25, 0.3) is 0 Å². The van der Waals surface area contributed by atoms with E-state index in [-0.39, 0.29) is 12.0 Å². The minimum atomic E-state index is -0.677. The number of aliphatic hydroxyl groups is 2. The first-order valence-corrected chi connectivity index (χ1v) is 4.84. The predicted molar refractivity (Wildman–Crippen MR) is 54.6 cm³/mol. The molecule has 0 bridgehead atoms. The van der Waals surface area contributed by atoms with Gasteiger partial charge < -0.3 is 15.1 Å². The van der Waals surface area contributed by atoms with Crippen molar-refractivity contribution in [1.82, 2.24) is 4.90 Å². The summed E-state index contributed by atoms with van der Waals surface area (Å²) in [6.45, 7) is 8.77. The van der Waals surface area contributed by atoms with Gasteiger partial charge in [-0.15, -0.1) is 0 Å². The summed E-state index contributed by atoms with van der Waals surface area (Å²) in [5.74, 6) is 0.226. The van der Waals surface area contributed by atoms with Crippen molar-refractivity contribution in [1.29, 1.82) is 0 Å². The van der Waals surface area contributed by atoms with E-state index in [9.17, 15) is 5.11 Å². The van der Waals surface area contributed by atoms with Crippen molar-refractivity contribution in [3.05, 3.63) is 0 Å². The van der Waals surface area contributed by atoms with E-state index in [4.69, 9.17) is 5.11 Å². The largest absolute Gasteiger partial charge is 0.392 e. The first-order chi connectivity index (χ1) is 5.75. The average molecular weight is 189 g/mol. The van der Waals surface area contributed by atoms with Crippen molar-refractivity contribution in [2.75, 3.05) is 20.1 Å². The van der Waals surface area contributed by atoms with Crippen molar-refractivity contribution >= 4 is 0 Å². The average Bonchev–Trinajstić information content (AvgIpc) is 1.82. The molecular formula is C10H23NO2. The summed E-state index contributed by atoms with van der Waals surface area (Å²) in [5.41, 5.74) is -0.677. The molecule has 0 amide bonds. The molecule has 0 fully saturated rings. The van der Waals surface area contributed by atoms with Crippen LogP contribution in [0, 0.1) is 5.92 Å². The third kappa shape index (κ3) is 5.24. The molecular weight excluding hydrogens is 166 g/mol. The Labute approximate surface area is 81.4 Å². The molecule has 0 aromatic carbocycles. The molecule has 3 nitrogen and oxygen atoms in total. The Kier molecular flexibility index (Phi) is 4.89. The Morgan fingerprint density at radius 3 is 2.08 bits per heavy atom. The first-order valence-electron chi connectivity index (χ1n) is 4.84. The van der Waals surface area contributed by atoms with Crippen LogP contribution in [0.2, 0.25) is 0 Å². The normalized spacial score (nSPS) is 19.2. The molecule has 0 rings (SSSR count). The van der Waals surface area contributed by atoms with Gasteiger partial charge in [-0.2, -0.15) is 0 Å². The molecule has 0 spiro atoms. The van der Waals surface area contributed by atoms with Gasteiger partial charge >= 0.3 is 0 Å². The third-order valence-electron chi connectivity index (χ3n) is 2.41. The van der Waals surface area contributed by atoms with E-state index in [0.29, 0.717) is 13.1 Å². The van der Waals surface area contributed by atoms with Gasteiger partial charge in [0.25, 0.3) is 0 Å². The quantitative estimate of drug-likeness (QED) is 0.669. The zero-order valence-electron chi connectivity index (χ0n) is 9.41. The summed E-state index contributed by atoms with van der Waals surface area (Å²) in [6.07, 6.45) is -0.340. The molecule has 0 saturated heterocycles. The van der Waals surface area contributed by atoms with Crippen molar-refractivity contribution in [3.63, 3.8) is 0 Å². The summed E-state index contributed by atoms with van der Waals surface area (Å²) >= 11 is 0. The van der Waals surface area contributed by atoms with Crippen LogP contribution in [-0.4, -0.2) is 47.0 Å². The fraction of sp³-hybridized carbons (Fsp3) is 1.00. The number of aliphatic hydroxyl groups excluding tert-OH is 1. The molecule has 0 aliphatic heterocycles. The molecule has 13 heavy (non-hydrogen) atoms. The second kappa shape index (κ2) is 4.94. The molecule has 0 heterocycles. The van der Waals surface area contributed by atoms with E-state index < -0.39 is 5.60 Å². The lowest BCUT2D eigenvalue weighted by Gasteiger charge is -2.32. The molecule has 0 aliphatic carbocycles. The SMILES string of the molecule is CC(O)CN(C)CC(C)(O)C(C)C. The van der Waals surface area contributed by atoms with Crippen LogP contribution >= 0.6 is 0 Å². The zero-order valence-corrected chi connectivity index (χ0v) is 9.41. The standard InChI is InChI=1S/C10H23NO2/c1-8(2)10(4,13)7-11(5)6-9(3)12/h8-9,12-13H,6-7H2,1-5H3. The number of rotatable bonds is 5. The second-order valence-corrected chi connectivity index (χ2v) is 4.56. The number of nitrogens with zero attached hydrogens (tertiary/aromatic N) is 1. The van der Waals surface area contributed by atoms with E-state index in [1.807, 2.05) is 32.7 Å². The second-order valence-electron chi connectivity index (χ2n) is 4.56.